The first-order valence-electron chi connectivity index (χ1n) is 10.1. The molecule has 0 amide bonds. The van der Waals surface area contributed by atoms with Crippen LogP contribution in [0.1, 0.15) is 43.7 Å². The van der Waals surface area contributed by atoms with Crippen molar-refractivity contribution < 1.29 is 19.1 Å². The number of nitrogens with zero attached hydrogens (tertiary/aromatic N) is 1. The highest BCUT2D eigenvalue weighted by Crippen LogP contribution is 2.55. The average Bonchev–Trinajstić information content (AvgIpc) is 3.42. The van der Waals surface area contributed by atoms with Crippen LogP contribution >= 0.6 is 0 Å². The van der Waals surface area contributed by atoms with Crippen molar-refractivity contribution in [2.45, 2.75) is 43.7 Å². The van der Waals surface area contributed by atoms with Crippen LogP contribution in [0.15, 0.2) is 41.6 Å². The van der Waals surface area contributed by atoms with E-state index in [0.29, 0.717) is 5.57 Å². The van der Waals surface area contributed by atoms with E-state index in [4.69, 9.17) is 9.47 Å². The van der Waals surface area contributed by atoms with Crippen LogP contribution in [-0.4, -0.2) is 49.7 Å². The zero-order valence-corrected chi connectivity index (χ0v) is 16.6. The normalized spacial score (nSPS) is 29.9. The number of likely N-dealkylation sites (tertiary alicyclic amines) is 1. The summed E-state index contributed by atoms with van der Waals surface area (Å²) < 4.78 is 10.1. The van der Waals surface area contributed by atoms with Gasteiger partial charge in [0.15, 0.2) is 0 Å². The van der Waals surface area contributed by atoms with Crippen molar-refractivity contribution in [1.82, 2.24) is 10.2 Å². The molecule has 6 heteroatoms. The summed E-state index contributed by atoms with van der Waals surface area (Å²) in [4.78, 5) is 28.0. The number of ether oxygens (including phenoxy) is 2. The van der Waals surface area contributed by atoms with Crippen LogP contribution < -0.4 is 5.32 Å². The number of hydrogen-bond donors (Lipinski definition) is 1. The lowest BCUT2D eigenvalue weighted by molar-refractivity contribution is -0.142. The highest BCUT2D eigenvalue weighted by Gasteiger charge is 2.59. The highest BCUT2D eigenvalue weighted by atomic mass is 16.5. The van der Waals surface area contributed by atoms with Crippen molar-refractivity contribution in [3.05, 3.63) is 47.2 Å². The Bertz CT molecular complexity index is 785. The molecule has 1 aromatic rings. The Morgan fingerprint density at radius 3 is 2.36 bits per heavy atom. The second-order valence-corrected chi connectivity index (χ2v) is 7.89. The fourth-order valence-corrected chi connectivity index (χ4v) is 5.61. The predicted molar refractivity (Wildman–Crippen MR) is 104 cm³/mol. The van der Waals surface area contributed by atoms with Gasteiger partial charge in [-0.15, -0.1) is 0 Å². The number of carbonyl (C=O) groups excluding carboxylic acids is 2. The quantitative estimate of drug-likeness (QED) is 0.805. The summed E-state index contributed by atoms with van der Waals surface area (Å²) in [7, 11) is 2.72. The van der Waals surface area contributed by atoms with Crippen molar-refractivity contribution >= 4 is 11.9 Å². The van der Waals surface area contributed by atoms with Crippen molar-refractivity contribution in [3.63, 3.8) is 0 Å². The number of fused-ring (bicyclic) bond motifs is 1. The van der Waals surface area contributed by atoms with E-state index in [2.05, 4.69) is 22.3 Å². The minimum atomic E-state index is -0.511. The van der Waals surface area contributed by atoms with Crippen molar-refractivity contribution in [1.29, 1.82) is 0 Å². The predicted octanol–water partition coefficient (Wildman–Crippen LogP) is 2.57. The third-order valence-electron chi connectivity index (χ3n) is 6.70. The van der Waals surface area contributed by atoms with Crippen LogP contribution in [0.25, 0.3) is 0 Å². The number of esters is 2. The van der Waals surface area contributed by atoms with E-state index in [1.54, 1.807) is 0 Å². The number of carbonyl (C=O) groups is 2. The van der Waals surface area contributed by atoms with Gasteiger partial charge in [0, 0.05) is 5.92 Å². The van der Waals surface area contributed by atoms with Gasteiger partial charge in [-0.3, -0.25) is 4.90 Å². The molecular weight excluding hydrogens is 356 g/mol. The molecule has 0 bridgehead atoms. The molecule has 28 heavy (non-hydrogen) atoms. The third kappa shape index (κ3) is 2.82. The highest BCUT2D eigenvalue weighted by molar-refractivity contribution is 6.01. The molecule has 1 saturated carbocycles. The Balaban J connectivity index is 1.92. The molecule has 0 radical (unpaired) electrons. The van der Waals surface area contributed by atoms with Crippen LogP contribution in [0.5, 0.6) is 0 Å². The molecule has 1 N–H and O–H groups in total. The average molecular weight is 384 g/mol. The minimum Gasteiger partial charge on any atom is -0.466 e. The first kappa shape index (κ1) is 19.0. The van der Waals surface area contributed by atoms with E-state index in [1.165, 1.54) is 14.2 Å². The van der Waals surface area contributed by atoms with E-state index in [9.17, 15) is 9.59 Å². The van der Waals surface area contributed by atoms with E-state index in [0.717, 1.165) is 50.8 Å². The molecule has 0 aromatic heterocycles. The molecule has 0 unspecified atom stereocenters. The summed E-state index contributed by atoms with van der Waals surface area (Å²) in [5.74, 6) is -1.00. The van der Waals surface area contributed by atoms with Gasteiger partial charge in [0.25, 0.3) is 0 Å². The lowest BCUT2D eigenvalue weighted by Gasteiger charge is -2.52. The second kappa shape index (κ2) is 7.59. The van der Waals surface area contributed by atoms with E-state index in [1.807, 2.05) is 18.2 Å². The van der Waals surface area contributed by atoms with Crippen molar-refractivity contribution in [2.24, 2.45) is 5.92 Å². The van der Waals surface area contributed by atoms with Crippen molar-refractivity contribution in [2.75, 3.05) is 27.3 Å². The number of benzene rings is 1. The molecular formula is C22H28N2O4. The first-order valence-corrected chi connectivity index (χ1v) is 10.1. The fraction of sp³-hybridized carbons (Fsp3) is 0.545. The van der Waals surface area contributed by atoms with Gasteiger partial charge in [0.2, 0.25) is 0 Å². The third-order valence-corrected chi connectivity index (χ3v) is 6.70. The molecule has 2 fully saturated rings. The Hall–Kier alpha value is -2.34. The van der Waals surface area contributed by atoms with Crippen molar-refractivity contribution in [3.8, 4) is 0 Å². The summed E-state index contributed by atoms with van der Waals surface area (Å²) in [6.07, 6.45) is 5.20. The molecule has 1 aliphatic carbocycles. The SMILES string of the molecule is COC(=O)C1=C(C(=O)OC)[C@@H]2CCC[C@]2(N2CCCC2)[C@H](c2ccccc2)N1. The zero-order valence-electron chi connectivity index (χ0n) is 16.6. The largest absolute Gasteiger partial charge is 0.466 e. The maximum atomic E-state index is 12.8. The zero-order chi connectivity index (χ0) is 19.7. The smallest absolute Gasteiger partial charge is 0.354 e. The Kier molecular flexibility index (Phi) is 5.15. The second-order valence-electron chi connectivity index (χ2n) is 7.89. The molecule has 1 aromatic carbocycles. The van der Waals surface area contributed by atoms with Crippen LogP contribution in [-0.2, 0) is 19.1 Å². The van der Waals surface area contributed by atoms with E-state index >= 15 is 0 Å². The number of hydrogen-bond acceptors (Lipinski definition) is 6. The molecule has 150 valence electrons. The lowest BCUT2D eigenvalue weighted by Crippen LogP contribution is -2.62. The number of nitrogens with one attached hydrogen (secondary N) is 1. The van der Waals surface area contributed by atoms with Gasteiger partial charge in [-0.2, -0.15) is 0 Å². The molecule has 2 aliphatic heterocycles. The molecule has 1 saturated heterocycles. The van der Waals surface area contributed by atoms with Crippen LogP contribution in [0.3, 0.4) is 0 Å². The lowest BCUT2D eigenvalue weighted by atomic mass is 9.69. The molecule has 4 rings (SSSR count). The van der Waals surface area contributed by atoms with Gasteiger partial charge in [-0.1, -0.05) is 36.8 Å². The molecule has 2 heterocycles. The van der Waals surface area contributed by atoms with Gasteiger partial charge in [0.05, 0.1) is 31.4 Å². The molecule has 3 aliphatic rings. The first-order chi connectivity index (χ1) is 13.6. The van der Waals surface area contributed by atoms with E-state index < -0.39 is 11.9 Å². The van der Waals surface area contributed by atoms with Gasteiger partial charge >= 0.3 is 11.9 Å². The summed E-state index contributed by atoms with van der Waals surface area (Å²) in [5, 5.41) is 3.44. The monoisotopic (exact) mass is 384 g/mol. The Labute approximate surface area is 165 Å². The summed E-state index contributed by atoms with van der Waals surface area (Å²) in [6.45, 7) is 2.03. The minimum absolute atomic E-state index is 0.0568. The standard InChI is InChI=1S/C22H28N2O4/c1-27-20(25)17-16-11-8-12-22(16,24-13-6-7-14-24)19(15-9-4-3-5-10-15)23-18(17)21(26)28-2/h3-5,9-10,16,19,23H,6-8,11-14H2,1-2H3/t16-,19-,22+/m0/s1. The maximum Gasteiger partial charge on any atom is 0.354 e. The van der Waals surface area contributed by atoms with Crippen LogP contribution in [0.2, 0.25) is 0 Å². The number of methoxy groups -OCH3 is 2. The fourth-order valence-electron chi connectivity index (χ4n) is 5.61. The molecule has 6 nitrogen and oxygen atoms in total. The van der Waals surface area contributed by atoms with Gasteiger partial charge in [-0.25, -0.2) is 9.59 Å². The Morgan fingerprint density at radius 2 is 1.71 bits per heavy atom. The molecule has 0 spiro atoms. The maximum absolute atomic E-state index is 12.8. The Morgan fingerprint density at radius 1 is 1.04 bits per heavy atom. The van der Waals surface area contributed by atoms with Gasteiger partial charge < -0.3 is 14.8 Å². The summed E-state index contributed by atoms with van der Waals surface area (Å²) in [5.41, 5.74) is 1.60. The van der Waals surface area contributed by atoms with Crippen LogP contribution in [0.4, 0.5) is 0 Å². The topological polar surface area (TPSA) is 67.9 Å². The van der Waals surface area contributed by atoms with Gasteiger partial charge in [-0.05, 0) is 44.3 Å². The van der Waals surface area contributed by atoms with Gasteiger partial charge in [0.1, 0.15) is 5.70 Å². The summed E-state index contributed by atoms with van der Waals surface area (Å²) in [6, 6.07) is 10.2. The van der Waals surface area contributed by atoms with Crippen LogP contribution in [0, 0.1) is 5.92 Å². The summed E-state index contributed by atoms with van der Waals surface area (Å²) >= 11 is 0. The van der Waals surface area contributed by atoms with E-state index in [-0.39, 0.29) is 23.2 Å². The molecule has 3 atom stereocenters. The number of rotatable bonds is 4.